The summed E-state index contributed by atoms with van der Waals surface area (Å²) >= 11 is 0. The molecule has 3 aromatic rings. The number of anilines is 3. The number of halogens is 1. The van der Waals surface area contributed by atoms with Gasteiger partial charge in [0.2, 0.25) is 11.9 Å². The average Bonchev–Trinajstić information content (AvgIpc) is 3.55. The van der Waals surface area contributed by atoms with Crippen LogP contribution in [0.25, 0.3) is 5.65 Å². The van der Waals surface area contributed by atoms with Gasteiger partial charge in [-0.15, -0.1) is 5.10 Å². The first kappa shape index (κ1) is 23.9. The molecule has 0 radical (unpaired) electrons. The molecule has 11 nitrogen and oxygen atoms in total. The number of rotatable bonds is 8. The van der Waals surface area contributed by atoms with Gasteiger partial charge >= 0.3 is 0 Å². The van der Waals surface area contributed by atoms with E-state index in [0.717, 1.165) is 50.3 Å². The number of nitrogens with one attached hydrogen (secondary N) is 4. The number of pyridine rings is 1. The van der Waals surface area contributed by atoms with E-state index in [1.165, 1.54) is 23.0 Å². The van der Waals surface area contributed by atoms with Gasteiger partial charge in [0.1, 0.15) is 5.82 Å². The van der Waals surface area contributed by atoms with E-state index in [-0.39, 0.29) is 23.7 Å². The molecule has 36 heavy (non-hydrogen) atoms. The van der Waals surface area contributed by atoms with E-state index < -0.39 is 17.9 Å². The van der Waals surface area contributed by atoms with Crippen LogP contribution in [0.4, 0.5) is 21.6 Å². The summed E-state index contributed by atoms with van der Waals surface area (Å²) in [6.45, 7) is 1.68. The van der Waals surface area contributed by atoms with E-state index in [4.69, 9.17) is 5.73 Å². The van der Waals surface area contributed by atoms with Crippen LogP contribution in [-0.4, -0.2) is 55.6 Å². The van der Waals surface area contributed by atoms with Crippen molar-refractivity contribution >= 4 is 34.7 Å². The molecule has 2 aliphatic rings. The van der Waals surface area contributed by atoms with Gasteiger partial charge in [-0.05, 0) is 51.5 Å². The molecular formula is C24H30FN9O2. The Hall–Kier alpha value is -3.80. The maximum atomic E-state index is 13.5. The Morgan fingerprint density at radius 3 is 2.44 bits per heavy atom. The number of nitrogens with zero attached hydrogens (tertiary/aromatic N) is 4. The standard InChI is InChI=1S/C24H30FN9O2/c1-13(26)23(35)31-16-6-4-15(5-7-16)30-21-11-18(29-14-2-3-14)22-28-12-19(34(22)33-21)24(36)32-17-8-9-27-20(25)10-17/h8-16,29H,2-7,26H2,1H3,(H,30,33)(H,31,35)(H,27,32,36)/t13-,15-,16-/m0/s1. The molecule has 2 saturated carbocycles. The van der Waals surface area contributed by atoms with Crippen LogP contribution < -0.4 is 27.0 Å². The molecule has 3 aromatic heterocycles. The number of imidazole rings is 1. The second-order valence-electron chi connectivity index (χ2n) is 9.55. The minimum atomic E-state index is -0.682. The van der Waals surface area contributed by atoms with Crippen LogP contribution in [-0.2, 0) is 4.79 Å². The fourth-order valence-electron chi connectivity index (χ4n) is 4.35. The molecule has 3 heterocycles. The summed E-state index contributed by atoms with van der Waals surface area (Å²) in [6.07, 6.45) is 8.31. The summed E-state index contributed by atoms with van der Waals surface area (Å²) in [6, 6.07) is 4.73. The van der Waals surface area contributed by atoms with Crippen molar-refractivity contribution in [3.8, 4) is 0 Å². The van der Waals surface area contributed by atoms with Gasteiger partial charge in [-0.2, -0.15) is 4.39 Å². The third-order valence-electron chi connectivity index (χ3n) is 6.46. The number of amides is 2. The zero-order valence-electron chi connectivity index (χ0n) is 20.0. The molecule has 2 amide bonds. The molecule has 5 rings (SSSR count). The number of hydrogen-bond acceptors (Lipinski definition) is 8. The molecule has 0 bridgehead atoms. The third kappa shape index (κ3) is 5.54. The Labute approximate surface area is 207 Å². The minimum Gasteiger partial charge on any atom is -0.379 e. The molecule has 0 saturated heterocycles. The quantitative estimate of drug-likeness (QED) is 0.299. The van der Waals surface area contributed by atoms with E-state index in [2.05, 4.69) is 36.3 Å². The number of carbonyl (C=O) groups is 2. The lowest BCUT2D eigenvalue weighted by atomic mass is 9.91. The monoisotopic (exact) mass is 495 g/mol. The predicted molar refractivity (Wildman–Crippen MR) is 133 cm³/mol. The van der Waals surface area contributed by atoms with Crippen molar-refractivity contribution in [2.24, 2.45) is 5.73 Å². The topological polar surface area (TPSA) is 151 Å². The molecular weight excluding hydrogens is 465 g/mol. The normalized spacial score (nSPS) is 20.5. The zero-order chi connectivity index (χ0) is 25.2. The van der Waals surface area contributed by atoms with Gasteiger partial charge in [0, 0.05) is 42.1 Å². The fraction of sp³-hybridized carbons (Fsp3) is 0.458. The lowest BCUT2D eigenvalue weighted by Crippen LogP contribution is -2.46. The van der Waals surface area contributed by atoms with E-state index in [1.807, 2.05) is 6.07 Å². The van der Waals surface area contributed by atoms with E-state index in [9.17, 15) is 14.0 Å². The average molecular weight is 496 g/mol. The summed E-state index contributed by atoms with van der Waals surface area (Å²) in [5.74, 6) is -0.649. The van der Waals surface area contributed by atoms with Gasteiger partial charge in [-0.3, -0.25) is 9.59 Å². The highest BCUT2D eigenvalue weighted by Gasteiger charge is 2.26. The van der Waals surface area contributed by atoms with Gasteiger partial charge in [-0.1, -0.05) is 0 Å². The Bertz CT molecular complexity index is 1270. The third-order valence-corrected chi connectivity index (χ3v) is 6.46. The lowest BCUT2D eigenvalue weighted by molar-refractivity contribution is -0.122. The summed E-state index contributed by atoms with van der Waals surface area (Å²) in [5, 5.41) is 17.3. The number of aromatic nitrogens is 4. The smallest absolute Gasteiger partial charge is 0.276 e. The van der Waals surface area contributed by atoms with Gasteiger partial charge in [0.25, 0.3) is 5.91 Å². The highest BCUT2D eigenvalue weighted by Crippen LogP contribution is 2.30. The van der Waals surface area contributed by atoms with Crippen LogP contribution in [0.2, 0.25) is 0 Å². The van der Waals surface area contributed by atoms with Crippen molar-refractivity contribution in [3.63, 3.8) is 0 Å². The van der Waals surface area contributed by atoms with Crippen LogP contribution in [0, 0.1) is 5.95 Å². The fourth-order valence-corrected chi connectivity index (χ4v) is 4.35. The molecule has 0 unspecified atom stereocenters. The predicted octanol–water partition coefficient (Wildman–Crippen LogP) is 2.28. The van der Waals surface area contributed by atoms with Crippen molar-refractivity contribution in [1.29, 1.82) is 0 Å². The van der Waals surface area contributed by atoms with Gasteiger partial charge in [-0.25, -0.2) is 14.5 Å². The molecule has 190 valence electrons. The first-order valence-corrected chi connectivity index (χ1v) is 12.3. The van der Waals surface area contributed by atoms with Crippen LogP contribution in [0.15, 0.2) is 30.6 Å². The lowest BCUT2D eigenvalue weighted by Gasteiger charge is -2.30. The molecule has 0 aliphatic heterocycles. The van der Waals surface area contributed by atoms with Gasteiger partial charge in [0.05, 0.1) is 17.9 Å². The van der Waals surface area contributed by atoms with Crippen molar-refractivity contribution in [3.05, 3.63) is 42.2 Å². The van der Waals surface area contributed by atoms with E-state index in [0.29, 0.717) is 23.2 Å². The second kappa shape index (κ2) is 10.1. The highest BCUT2D eigenvalue weighted by atomic mass is 19.1. The number of carbonyl (C=O) groups excluding carboxylic acids is 2. The van der Waals surface area contributed by atoms with Crippen molar-refractivity contribution in [2.75, 3.05) is 16.0 Å². The molecule has 2 fully saturated rings. The highest BCUT2D eigenvalue weighted by molar-refractivity contribution is 6.03. The molecule has 6 N–H and O–H groups in total. The van der Waals surface area contributed by atoms with Crippen LogP contribution in [0.1, 0.15) is 55.9 Å². The first-order valence-electron chi connectivity index (χ1n) is 12.3. The Morgan fingerprint density at radius 2 is 1.75 bits per heavy atom. The summed E-state index contributed by atoms with van der Waals surface area (Å²) in [4.78, 5) is 32.8. The van der Waals surface area contributed by atoms with Gasteiger partial charge in [0.15, 0.2) is 11.3 Å². The largest absolute Gasteiger partial charge is 0.379 e. The Balaban J connectivity index is 1.33. The summed E-state index contributed by atoms with van der Waals surface area (Å²) < 4.78 is 15.0. The van der Waals surface area contributed by atoms with Crippen molar-refractivity contribution in [1.82, 2.24) is 24.9 Å². The van der Waals surface area contributed by atoms with E-state index >= 15 is 0 Å². The Morgan fingerprint density at radius 1 is 1.06 bits per heavy atom. The second-order valence-corrected chi connectivity index (χ2v) is 9.55. The molecule has 2 aliphatic carbocycles. The maximum Gasteiger partial charge on any atom is 0.276 e. The van der Waals surface area contributed by atoms with Crippen LogP contribution in [0.5, 0.6) is 0 Å². The van der Waals surface area contributed by atoms with Crippen molar-refractivity contribution in [2.45, 2.75) is 69.6 Å². The van der Waals surface area contributed by atoms with E-state index in [1.54, 1.807) is 6.92 Å². The SMILES string of the molecule is C[C@H](N)C(=O)N[C@H]1CC[C@H](Nc2cc(NC3CC3)c3ncc(C(=O)Nc4ccnc(F)c4)n3n2)CC1. The minimum absolute atomic E-state index is 0.117. The van der Waals surface area contributed by atoms with Crippen molar-refractivity contribution < 1.29 is 14.0 Å². The number of hydrogen-bond donors (Lipinski definition) is 5. The molecule has 1 atom stereocenters. The molecule has 0 aromatic carbocycles. The molecule has 12 heteroatoms. The summed E-state index contributed by atoms with van der Waals surface area (Å²) in [7, 11) is 0. The summed E-state index contributed by atoms with van der Waals surface area (Å²) in [5.41, 5.74) is 7.52. The zero-order valence-corrected chi connectivity index (χ0v) is 20.0. The number of fused-ring (bicyclic) bond motifs is 1. The van der Waals surface area contributed by atoms with Crippen LogP contribution >= 0.6 is 0 Å². The maximum absolute atomic E-state index is 13.5. The van der Waals surface area contributed by atoms with Crippen LogP contribution in [0.3, 0.4) is 0 Å². The molecule has 0 spiro atoms. The number of nitrogens with two attached hydrogens (primary N) is 1. The Kier molecular flexibility index (Phi) is 6.68. The first-order chi connectivity index (χ1) is 17.4. The van der Waals surface area contributed by atoms with Gasteiger partial charge < -0.3 is 27.0 Å².